The van der Waals surface area contributed by atoms with E-state index in [1.165, 1.54) is 5.56 Å². The second-order valence-corrected chi connectivity index (χ2v) is 7.54. The van der Waals surface area contributed by atoms with Crippen LogP contribution in [0.25, 0.3) is 0 Å². The molecule has 4 rings (SSSR count). The van der Waals surface area contributed by atoms with Crippen molar-refractivity contribution < 1.29 is 9.53 Å². The van der Waals surface area contributed by atoms with E-state index in [-0.39, 0.29) is 12.5 Å². The van der Waals surface area contributed by atoms with Gasteiger partial charge in [0.1, 0.15) is 5.75 Å². The van der Waals surface area contributed by atoms with E-state index in [9.17, 15) is 4.79 Å². The largest absolute Gasteiger partial charge is 0.484 e. The van der Waals surface area contributed by atoms with Gasteiger partial charge < -0.3 is 14.2 Å². The molecule has 1 amide bonds. The van der Waals surface area contributed by atoms with Crippen molar-refractivity contribution in [3.63, 3.8) is 0 Å². The van der Waals surface area contributed by atoms with Gasteiger partial charge in [-0.3, -0.25) is 4.79 Å². The first-order chi connectivity index (χ1) is 13.7. The molecule has 1 aliphatic carbocycles. The van der Waals surface area contributed by atoms with E-state index < -0.39 is 0 Å². The van der Waals surface area contributed by atoms with Crippen LogP contribution in [0.15, 0.2) is 72.9 Å². The first kappa shape index (κ1) is 18.6. The maximum absolute atomic E-state index is 12.8. The second kappa shape index (κ2) is 8.53. The minimum absolute atomic E-state index is 0.0184. The predicted molar refractivity (Wildman–Crippen MR) is 110 cm³/mol. The van der Waals surface area contributed by atoms with Gasteiger partial charge in [-0.05, 0) is 54.8 Å². The van der Waals surface area contributed by atoms with Crippen LogP contribution in [0.1, 0.15) is 24.1 Å². The number of carbonyl (C=O) groups is 1. The van der Waals surface area contributed by atoms with Crippen LogP contribution in [-0.4, -0.2) is 28.0 Å². The molecule has 0 bridgehead atoms. The number of ether oxygens (including phenoxy) is 1. The van der Waals surface area contributed by atoms with Crippen LogP contribution >= 0.6 is 11.6 Å². The van der Waals surface area contributed by atoms with Crippen molar-refractivity contribution in [2.24, 2.45) is 0 Å². The van der Waals surface area contributed by atoms with Crippen molar-refractivity contribution in [1.82, 2.24) is 9.47 Å². The van der Waals surface area contributed by atoms with Crippen molar-refractivity contribution in [2.45, 2.75) is 32.0 Å². The van der Waals surface area contributed by atoms with E-state index in [1.807, 2.05) is 29.2 Å². The standard InChI is InChI=1S/C23H23ClN2O2/c24-19-8-12-22(13-9-19)28-17-23(27)26(20-10-11-20)16-21-7-4-14-25(21)15-18-5-2-1-3-6-18/h1-9,12-14,20H,10-11,15-17H2. The summed E-state index contributed by atoms with van der Waals surface area (Å²) in [5, 5.41) is 0.650. The summed E-state index contributed by atoms with van der Waals surface area (Å²) in [6.07, 6.45) is 4.19. The summed E-state index contributed by atoms with van der Waals surface area (Å²) < 4.78 is 7.88. The number of halogens is 1. The molecule has 0 aliphatic heterocycles. The molecule has 28 heavy (non-hydrogen) atoms. The van der Waals surface area contributed by atoms with Crippen LogP contribution in [-0.2, 0) is 17.9 Å². The van der Waals surface area contributed by atoms with Crippen LogP contribution in [0.4, 0.5) is 0 Å². The van der Waals surface area contributed by atoms with Crippen LogP contribution < -0.4 is 4.74 Å². The molecule has 0 unspecified atom stereocenters. The molecule has 1 fully saturated rings. The number of nitrogens with zero attached hydrogens (tertiary/aromatic N) is 2. The Morgan fingerprint density at radius 2 is 1.79 bits per heavy atom. The van der Waals surface area contributed by atoms with E-state index >= 15 is 0 Å². The summed E-state index contributed by atoms with van der Waals surface area (Å²) in [4.78, 5) is 14.8. The first-order valence-corrected chi connectivity index (χ1v) is 9.92. The Hall–Kier alpha value is -2.72. The maximum atomic E-state index is 12.8. The van der Waals surface area contributed by atoms with Crippen molar-refractivity contribution in [2.75, 3.05) is 6.61 Å². The summed E-state index contributed by atoms with van der Waals surface area (Å²) in [6, 6.07) is 21.9. The molecule has 0 N–H and O–H groups in total. The van der Waals surface area contributed by atoms with Gasteiger partial charge in [0.25, 0.3) is 5.91 Å². The third-order valence-electron chi connectivity index (χ3n) is 4.94. The van der Waals surface area contributed by atoms with E-state index in [1.54, 1.807) is 24.3 Å². The average Bonchev–Trinajstić information content (AvgIpc) is 3.47. The van der Waals surface area contributed by atoms with E-state index in [0.717, 1.165) is 25.1 Å². The minimum Gasteiger partial charge on any atom is -0.484 e. The van der Waals surface area contributed by atoms with Crippen molar-refractivity contribution in [3.05, 3.63) is 89.2 Å². The fraction of sp³-hybridized carbons (Fsp3) is 0.261. The number of rotatable bonds is 8. The smallest absolute Gasteiger partial charge is 0.261 e. The molecule has 4 nitrogen and oxygen atoms in total. The molecule has 3 aromatic rings. The molecule has 0 saturated heterocycles. The lowest BCUT2D eigenvalue weighted by molar-refractivity contribution is -0.134. The molecular weight excluding hydrogens is 372 g/mol. The fourth-order valence-electron chi connectivity index (χ4n) is 3.27. The highest BCUT2D eigenvalue weighted by Gasteiger charge is 2.33. The number of hydrogen-bond donors (Lipinski definition) is 0. The van der Waals surface area contributed by atoms with E-state index in [4.69, 9.17) is 16.3 Å². The lowest BCUT2D eigenvalue weighted by atomic mass is 10.2. The van der Waals surface area contributed by atoms with Gasteiger partial charge in [-0.1, -0.05) is 41.9 Å². The van der Waals surface area contributed by atoms with Gasteiger partial charge in [0.05, 0.1) is 6.54 Å². The van der Waals surface area contributed by atoms with Gasteiger partial charge in [-0.15, -0.1) is 0 Å². The Morgan fingerprint density at radius 1 is 1.04 bits per heavy atom. The minimum atomic E-state index is 0.0184. The van der Waals surface area contributed by atoms with E-state index in [2.05, 4.69) is 29.0 Å². The second-order valence-electron chi connectivity index (χ2n) is 7.11. The zero-order valence-electron chi connectivity index (χ0n) is 15.6. The number of benzene rings is 2. The molecule has 1 heterocycles. The molecular formula is C23H23ClN2O2. The normalized spacial score (nSPS) is 13.3. The fourth-order valence-corrected chi connectivity index (χ4v) is 3.39. The summed E-state index contributed by atoms with van der Waals surface area (Å²) in [5.74, 6) is 0.672. The van der Waals surface area contributed by atoms with Crippen LogP contribution in [0.5, 0.6) is 5.75 Å². The van der Waals surface area contributed by atoms with Gasteiger partial charge in [-0.2, -0.15) is 0 Å². The maximum Gasteiger partial charge on any atom is 0.261 e. The van der Waals surface area contributed by atoms with Crippen LogP contribution in [0.2, 0.25) is 5.02 Å². The number of aromatic nitrogens is 1. The lowest BCUT2D eigenvalue weighted by Gasteiger charge is -2.23. The zero-order chi connectivity index (χ0) is 19.3. The molecule has 0 radical (unpaired) electrons. The first-order valence-electron chi connectivity index (χ1n) is 9.55. The van der Waals surface area contributed by atoms with Crippen molar-refractivity contribution >= 4 is 17.5 Å². The third-order valence-corrected chi connectivity index (χ3v) is 5.19. The highest BCUT2D eigenvalue weighted by atomic mass is 35.5. The van der Waals surface area contributed by atoms with Gasteiger partial charge in [-0.25, -0.2) is 0 Å². The Balaban J connectivity index is 1.41. The summed E-state index contributed by atoms with van der Waals surface area (Å²) in [5.41, 5.74) is 2.38. The third kappa shape index (κ3) is 4.76. The number of carbonyl (C=O) groups excluding carboxylic acids is 1. The Morgan fingerprint density at radius 3 is 2.50 bits per heavy atom. The van der Waals surface area contributed by atoms with Crippen LogP contribution in [0.3, 0.4) is 0 Å². The number of amides is 1. The predicted octanol–water partition coefficient (Wildman–Crippen LogP) is 4.76. The summed E-state index contributed by atoms with van der Waals surface area (Å²) >= 11 is 5.89. The van der Waals surface area contributed by atoms with E-state index in [0.29, 0.717) is 23.4 Å². The van der Waals surface area contributed by atoms with Crippen molar-refractivity contribution in [1.29, 1.82) is 0 Å². The highest BCUT2D eigenvalue weighted by Crippen LogP contribution is 2.29. The molecule has 0 atom stereocenters. The molecule has 5 heteroatoms. The topological polar surface area (TPSA) is 34.5 Å². The molecule has 144 valence electrons. The Kier molecular flexibility index (Phi) is 5.68. The highest BCUT2D eigenvalue weighted by molar-refractivity contribution is 6.30. The van der Waals surface area contributed by atoms with Gasteiger partial charge in [0, 0.05) is 29.5 Å². The quantitative estimate of drug-likeness (QED) is 0.552. The molecule has 1 aliphatic rings. The monoisotopic (exact) mass is 394 g/mol. The average molecular weight is 395 g/mol. The SMILES string of the molecule is O=C(COc1ccc(Cl)cc1)N(Cc1cccn1Cc1ccccc1)C1CC1. The Bertz CT molecular complexity index is 917. The summed E-state index contributed by atoms with van der Waals surface area (Å²) in [7, 11) is 0. The van der Waals surface area contributed by atoms with Crippen LogP contribution in [0, 0.1) is 0 Å². The Labute approximate surface area is 170 Å². The van der Waals surface area contributed by atoms with Crippen molar-refractivity contribution in [3.8, 4) is 5.75 Å². The molecule has 2 aromatic carbocycles. The van der Waals surface area contributed by atoms with Gasteiger partial charge >= 0.3 is 0 Å². The molecule has 1 aromatic heterocycles. The molecule has 1 saturated carbocycles. The van der Waals surface area contributed by atoms with Gasteiger partial charge in [0.15, 0.2) is 6.61 Å². The van der Waals surface area contributed by atoms with Gasteiger partial charge in [0.2, 0.25) is 0 Å². The lowest BCUT2D eigenvalue weighted by Crippen LogP contribution is -2.36. The molecule has 0 spiro atoms. The zero-order valence-corrected chi connectivity index (χ0v) is 16.4. The number of hydrogen-bond acceptors (Lipinski definition) is 2. The summed E-state index contributed by atoms with van der Waals surface area (Å²) in [6.45, 7) is 1.45.